The van der Waals surface area contributed by atoms with E-state index in [2.05, 4.69) is 14.8 Å². The van der Waals surface area contributed by atoms with Gasteiger partial charge in [-0.05, 0) is 30.0 Å². The molecule has 1 aromatic heterocycles. The summed E-state index contributed by atoms with van der Waals surface area (Å²) in [5, 5.41) is 10.2. The molecule has 0 unspecified atom stereocenters. The molecule has 1 N–H and O–H groups in total. The van der Waals surface area contributed by atoms with Crippen molar-refractivity contribution >= 4 is 39.9 Å². The number of rotatable bonds is 3. The Hall–Kier alpha value is -2.42. The topological polar surface area (TPSA) is 86.3 Å². The van der Waals surface area contributed by atoms with Gasteiger partial charge in [0.1, 0.15) is 11.8 Å². The maximum absolute atomic E-state index is 12.6. The summed E-state index contributed by atoms with van der Waals surface area (Å²) in [4.78, 5) is 33.7. The van der Waals surface area contributed by atoms with E-state index in [1.807, 2.05) is 0 Å². The molecule has 0 saturated carbocycles. The van der Waals surface area contributed by atoms with Gasteiger partial charge in [0.25, 0.3) is 5.91 Å². The molecule has 2 aromatic rings. The average molecular weight is 385 g/mol. The number of hydrogen-bond donors (Lipinski definition) is 1. The summed E-state index contributed by atoms with van der Waals surface area (Å²) in [6.45, 7) is 3.96. The first-order valence-electron chi connectivity index (χ1n) is 8.77. The predicted octanol–water partition coefficient (Wildman–Crippen LogP) is 1.37. The lowest BCUT2D eigenvalue weighted by Crippen LogP contribution is -2.48. The van der Waals surface area contributed by atoms with Crippen LogP contribution in [0.5, 0.6) is 0 Å². The molecule has 0 aliphatic carbocycles. The fourth-order valence-electron chi connectivity index (χ4n) is 3.17. The maximum Gasteiger partial charge on any atom is 0.286 e. The lowest BCUT2D eigenvalue weighted by Gasteiger charge is -2.34. The lowest BCUT2D eigenvalue weighted by atomic mass is 10.1. The summed E-state index contributed by atoms with van der Waals surface area (Å²) in [6.07, 6.45) is 2.95. The molecule has 27 heavy (non-hydrogen) atoms. The van der Waals surface area contributed by atoms with Crippen LogP contribution in [0.4, 0.5) is 0 Å². The number of aliphatic hydroxyl groups is 1. The normalized spacial score (nSPS) is 19.9. The molecule has 3 heterocycles. The Morgan fingerprint density at radius 1 is 1.19 bits per heavy atom. The summed E-state index contributed by atoms with van der Waals surface area (Å²) in [5.74, 6) is -0.333. The Bertz CT molecular complexity index is 990. The second kappa shape index (κ2) is 7.67. The standard InChI is InChI=1S/C19H19N3O4S/c23-10-9-21-5-7-22(8-6-21)19-20-18(25)16(27-19)11-13-12-26-15-4-2-1-3-14(15)17(13)24/h1-4,11-12,23H,5-10H2/b16-11-. The van der Waals surface area contributed by atoms with Gasteiger partial charge in [0.2, 0.25) is 0 Å². The third-order valence-electron chi connectivity index (χ3n) is 4.66. The predicted molar refractivity (Wildman–Crippen MR) is 106 cm³/mol. The number of hydrogen-bond acceptors (Lipinski definition) is 7. The number of para-hydroxylation sites is 1. The zero-order chi connectivity index (χ0) is 18.8. The largest absolute Gasteiger partial charge is 0.463 e. The third kappa shape index (κ3) is 3.69. The number of fused-ring (bicyclic) bond motifs is 1. The first-order chi connectivity index (χ1) is 13.2. The van der Waals surface area contributed by atoms with Crippen LogP contribution in [0.15, 0.2) is 49.6 Å². The van der Waals surface area contributed by atoms with Crippen molar-refractivity contribution in [2.75, 3.05) is 39.3 Å². The van der Waals surface area contributed by atoms with Gasteiger partial charge in [0.05, 0.1) is 22.5 Å². The number of amidine groups is 1. The van der Waals surface area contributed by atoms with Gasteiger partial charge in [0, 0.05) is 32.7 Å². The Balaban J connectivity index is 1.51. The van der Waals surface area contributed by atoms with E-state index in [0.717, 1.165) is 26.2 Å². The van der Waals surface area contributed by atoms with E-state index in [-0.39, 0.29) is 17.9 Å². The van der Waals surface area contributed by atoms with Crippen molar-refractivity contribution in [3.63, 3.8) is 0 Å². The summed E-state index contributed by atoms with van der Waals surface area (Å²) in [6, 6.07) is 7.03. The summed E-state index contributed by atoms with van der Waals surface area (Å²) in [7, 11) is 0. The SMILES string of the molecule is O=C1N=C(N2CCN(CCO)CC2)S/C1=C\c1coc2ccccc2c1=O. The molecule has 0 atom stereocenters. The first kappa shape index (κ1) is 18.0. The highest BCUT2D eigenvalue weighted by Crippen LogP contribution is 2.30. The molecule has 1 fully saturated rings. The Labute approximate surface area is 160 Å². The van der Waals surface area contributed by atoms with Crippen molar-refractivity contribution in [2.24, 2.45) is 4.99 Å². The van der Waals surface area contributed by atoms with Crippen LogP contribution in [0.25, 0.3) is 17.0 Å². The van der Waals surface area contributed by atoms with E-state index < -0.39 is 0 Å². The fraction of sp³-hybridized carbons (Fsp3) is 0.316. The zero-order valence-electron chi connectivity index (χ0n) is 14.6. The Morgan fingerprint density at radius 3 is 2.74 bits per heavy atom. The van der Waals surface area contributed by atoms with Crippen LogP contribution in [-0.4, -0.2) is 65.3 Å². The van der Waals surface area contributed by atoms with Crippen molar-refractivity contribution in [3.8, 4) is 0 Å². The second-order valence-corrected chi connectivity index (χ2v) is 7.39. The molecule has 0 spiro atoms. The number of β-amino-alcohol motifs (C(OH)–C–C–N with tert-alkyl or cyclic N) is 1. The molecule has 2 aliphatic heterocycles. The fourth-order valence-corrected chi connectivity index (χ4v) is 4.13. The van der Waals surface area contributed by atoms with Crippen LogP contribution in [0.3, 0.4) is 0 Å². The molecule has 8 heteroatoms. The Kier molecular flexibility index (Phi) is 5.11. The molecular weight excluding hydrogens is 366 g/mol. The van der Waals surface area contributed by atoms with Crippen LogP contribution in [0, 0.1) is 0 Å². The van der Waals surface area contributed by atoms with Crippen molar-refractivity contribution < 1.29 is 14.3 Å². The number of carbonyl (C=O) groups is 1. The van der Waals surface area contributed by atoms with Gasteiger partial charge < -0.3 is 14.4 Å². The van der Waals surface area contributed by atoms with E-state index in [4.69, 9.17) is 9.52 Å². The summed E-state index contributed by atoms with van der Waals surface area (Å²) >= 11 is 1.29. The number of amides is 1. The number of aliphatic hydroxyl groups excluding tert-OH is 1. The van der Waals surface area contributed by atoms with E-state index in [0.29, 0.717) is 33.2 Å². The van der Waals surface area contributed by atoms with Crippen molar-refractivity contribution in [1.29, 1.82) is 0 Å². The maximum atomic E-state index is 12.6. The quantitative estimate of drug-likeness (QED) is 0.799. The number of thioether (sulfide) groups is 1. The van der Waals surface area contributed by atoms with Gasteiger partial charge >= 0.3 is 0 Å². The van der Waals surface area contributed by atoms with E-state index >= 15 is 0 Å². The number of nitrogens with zero attached hydrogens (tertiary/aromatic N) is 3. The molecule has 1 aromatic carbocycles. The highest BCUT2D eigenvalue weighted by Gasteiger charge is 2.28. The second-order valence-electron chi connectivity index (χ2n) is 6.38. The summed E-state index contributed by atoms with van der Waals surface area (Å²) in [5.41, 5.74) is 0.699. The number of carbonyl (C=O) groups excluding carboxylic acids is 1. The molecule has 1 amide bonds. The third-order valence-corrected chi connectivity index (χ3v) is 5.71. The monoisotopic (exact) mass is 385 g/mol. The molecule has 4 rings (SSSR count). The van der Waals surface area contributed by atoms with Crippen molar-refractivity contribution in [2.45, 2.75) is 0 Å². The van der Waals surface area contributed by atoms with Gasteiger partial charge in [-0.3, -0.25) is 14.5 Å². The lowest BCUT2D eigenvalue weighted by molar-refractivity contribution is -0.113. The number of piperazine rings is 1. The molecule has 7 nitrogen and oxygen atoms in total. The smallest absolute Gasteiger partial charge is 0.286 e. The summed E-state index contributed by atoms with van der Waals surface area (Å²) < 4.78 is 5.51. The minimum atomic E-state index is -0.333. The van der Waals surface area contributed by atoms with Gasteiger partial charge in [-0.2, -0.15) is 4.99 Å². The number of aliphatic imine (C=N–C) groups is 1. The molecule has 140 valence electrons. The number of benzene rings is 1. The van der Waals surface area contributed by atoms with Crippen molar-refractivity contribution in [1.82, 2.24) is 9.80 Å². The molecule has 0 bridgehead atoms. The van der Waals surface area contributed by atoms with Crippen LogP contribution in [-0.2, 0) is 4.79 Å². The molecule has 0 radical (unpaired) electrons. The van der Waals surface area contributed by atoms with Gasteiger partial charge in [-0.1, -0.05) is 12.1 Å². The van der Waals surface area contributed by atoms with Crippen LogP contribution in [0.2, 0.25) is 0 Å². The van der Waals surface area contributed by atoms with Crippen molar-refractivity contribution in [3.05, 3.63) is 51.2 Å². The van der Waals surface area contributed by atoms with Crippen LogP contribution < -0.4 is 5.43 Å². The van der Waals surface area contributed by atoms with Crippen LogP contribution >= 0.6 is 11.8 Å². The first-order valence-corrected chi connectivity index (χ1v) is 9.58. The highest BCUT2D eigenvalue weighted by molar-refractivity contribution is 8.18. The molecular formula is C19H19N3O4S. The van der Waals surface area contributed by atoms with E-state index in [1.165, 1.54) is 18.0 Å². The van der Waals surface area contributed by atoms with Gasteiger partial charge in [0.15, 0.2) is 10.6 Å². The minimum absolute atomic E-state index is 0.148. The zero-order valence-corrected chi connectivity index (χ0v) is 15.4. The van der Waals surface area contributed by atoms with Crippen LogP contribution in [0.1, 0.15) is 5.56 Å². The van der Waals surface area contributed by atoms with E-state index in [1.54, 1.807) is 30.3 Å². The van der Waals surface area contributed by atoms with Gasteiger partial charge in [-0.15, -0.1) is 0 Å². The van der Waals surface area contributed by atoms with E-state index in [9.17, 15) is 9.59 Å². The molecule has 1 saturated heterocycles. The van der Waals surface area contributed by atoms with Gasteiger partial charge in [-0.25, -0.2) is 0 Å². The average Bonchev–Trinajstić information content (AvgIpc) is 3.05. The molecule has 2 aliphatic rings. The minimum Gasteiger partial charge on any atom is -0.463 e. The highest BCUT2D eigenvalue weighted by atomic mass is 32.2. The Morgan fingerprint density at radius 2 is 1.96 bits per heavy atom.